The van der Waals surface area contributed by atoms with Crippen molar-refractivity contribution >= 4 is 34.4 Å². The summed E-state index contributed by atoms with van der Waals surface area (Å²) in [7, 11) is 1.59. The van der Waals surface area contributed by atoms with Gasteiger partial charge in [-0.2, -0.15) is 11.3 Å². The number of benzene rings is 1. The zero-order valence-corrected chi connectivity index (χ0v) is 15.7. The van der Waals surface area contributed by atoms with Crippen molar-refractivity contribution in [2.75, 3.05) is 13.7 Å². The lowest BCUT2D eigenvalue weighted by molar-refractivity contribution is -0.123. The number of carbonyl (C=O) groups excluding carboxylic acids is 2. The number of amides is 1. The molecule has 3 rings (SSSR count). The van der Waals surface area contributed by atoms with Gasteiger partial charge in [0.05, 0.1) is 18.5 Å². The number of hydrogen-bond acceptors (Lipinski definition) is 6. The molecule has 0 unspecified atom stereocenters. The van der Waals surface area contributed by atoms with E-state index < -0.39 is 0 Å². The molecular weight excluding hydrogens is 370 g/mol. The Balaban J connectivity index is 1.46. The number of ketones is 1. The van der Waals surface area contributed by atoms with Crippen molar-refractivity contribution in [1.29, 1.82) is 0 Å². The second-order valence-corrected chi connectivity index (χ2v) is 7.30. The fourth-order valence-corrected chi connectivity index (χ4v) is 3.73. The van der Waals surface area contributed by atoms with E-state index in [4.69, 9.17) is 9.47 Å². The van der Waals surface area contributed by atoms with E-state index in [-0.39, 0.29) is 18.3 Å². The Kier molecular flexibility index (Phi) is 6.04. The van der Waals surface area contributed by atoms with E-state index in [1.807, 2.05) is 22.9 Å². The molecule has 3 aromatic rings. The fraction of sp³-hybridized carbons (Fsp3) is 0.158. The van der Waals surface area contributed by atoms with Crippen LogP contribution in [0.15, 0.2) is 53.2 Å². The van der Waals surface area contributed by atoms with Gasteiger partial charge in [0.25, 0.3) is 5.91 Å². The average molecular weight is 387 g/mol. The van der Waals surface area contributed by atoms with Gasteiger partial charge >= 0.3 is 0 Å². The van der Waals surface area contributed by atoms with Crippen molar-refractivity contribution < 1.29 is 19.1 Å². The molecule has 0 aliphatic rings. The summed E-state index contributed by atoms with van der Waals surface area (Å²) in [5, 5.41) is 6.50. The van der Waals surface area contributed by atoms with Crippen LogP contribution in [0.1, 0.15) is 20.1 Å². The highest BCUT2D eigenvalue weighted by Gasteiger charge is 2.12. The first kappa shape index (κ1) is 18.2. The van der Waals surface area contributed by atoms with Crippen molar-refractivity contribution in [2.45, 2.75) is 6.54 Å². The SMILES string of the molecule is COc1ccc(OCC(=O)NCc2ccc(C(=O)c3ccsc3)s2)cc1. The molecule has 0 fully saturated rings. The van der Waals surface area contributed by atoms with Crippen LogP contribution in [0, 0.1) is 0 Å². The van der Waals surface area contributed by atoms with E-state index in [0.717, 1.165) is 10.6 Å². The Morgan fingerprint density at radius 3 is 2.50 bits per heavy atom. The molecule has 0 aliphatic carbocycles. The second-order valence-electron chi connectivity index (χ2n) is 5.35. The molecule has 2 heterocycles. The van der Waals surface area contributed by atoms with Gasteiger partial charge in [-0.3, -0.25) is 9.59 Å². The van der Waals surface area contributed by atoms with Gasteiger partial charge in [0.15, 0.2) is 6.61 Å². The van der Waals surface area contributed by atoms with Crippen LogP contribution in [0.3, 0.4) is 0 Å². The Bertz CT molecular complexity index is 869. The lowest BCUT2D eigenvalue weighted by atomic mass is 10.2. The number of carbonyl (C=O) groups is 2. The molecule has 0 saturated heterocycles. The maximum Gasteiger partial charge on any atom is 0.258 e. The molecular formula is C19H17NO4S2. The molecule has 0 aliphatic heterocycles. The highest BCUT2D eigenvalue weighted by Crippen LogP contribution is 2.21. The van der Waals surface area contributed by atoms with Crippen molar-refractivity contribution in [1.82, 2.24) is 5.32 Å². The van der Waals surface area contributed by atoms with Gasteiger partial charge in [0.2, 0.25) is 5.78 Å². The molecule has 0 spiro atoms. The van der Waals surface area contributed by atoms with Crippen LogP contribution < -0.4 is 14.8 Å². The third kappa shape index (κ3) is 4.71. The fourth-order valence-electron chi connectivity index (χ4n) is 2.19. The summed E-state index contributed by atoms with van der Waals surface area (Å²) in [5.41, 5.74) is 0.695. The number of ether oxygens (including phenoxy) is 2. The smallest absolute Gasteiger partial charge is 0.258 e. The van der Waals surface area contributed by atoms with Gasteiger partial charge in [0, 0.05) is 15.8 Å². The van der Waals surface area contributed by atoms with Crippen molar-refractivity contribution in [3.8, 4) is 11.5 Å². The average Bonchev–Trinajstić information content (AvgIpc) is 3.36. The number of hydrogen-bond donors (Lipinski definition) is 1. The van der Waals surface area contributed by atoms with E-state index in [1.54, 1.807) is 37.4 Å². The van der Waals surface area contributed by atoms with Crippen LogP contribution in [0.2, 0.25) is 0 Å². The predicted molar refractivity (Wildman–Crippen MR) is 102 cm³/mol. The molecule has 134 valence electrons. The summed E-state index contributed by atoms with van der Waals surface area (Å²) in [5.74, 6) is 1.12. The normalized spacial score (nSPS) is 10.3. The third-order valence-electron chi connectivity index (χ3n) is 3.56. The molecule has 2 aromatic heterocycles. The first-order chi connectivity index (χ1) is 12.7. The minimum absolute atomic E-state index is 0.0108. The first-order valence-corrected chi connectivity index (χ1v) is 9.61. The van der Waals surface area contributed by atoms with Gasteiger partial charge < -0.3 is 14.8 Å². The van der Waals surface area contributed by atoms with Gasteiger partial charge in [-0.25, -0.2) is 0 Å². The molecule has 5 nitrogen and oxygen atoms in total. The number of thiophene rings is 2. The van der Waals surface area contributed by atoms with E-state index in [9.17, 15) is 9.59 Å². The van der Waals surface area contributed by atoms with Gasteiger partial charge in [-0.05, 0) is 47.8 Å². The van der Waals surface area contributed by atoms with Crippen LogP contribution in [0.5, 0.6) is 11.5 Å². The van der Waals surface area contributed by atoms with Crippen LogP contribution in [-0.2, 0) is 11.3 Å². The Morgan fingerprint density at radius 1 is 1.04 bits per heavy atom. The molecule has 1 amide bonds. The summed E-state index contributed by atoms with van der Waals surface area (Å²) in [4.78, 5) is 25.8. The predicted octanol–water partition coefficient (Wildman–Crippen LogP) is 3.74. The lowest BCUT2D eigenvalue weighted by Gasteiger charge is -2.07. The standard InChI is InChI=1S/C19H17NO4S2/c1-23-14-2-4-15(5-3-14)24-11-18(21)20-10-16-6-7-17(26-16)19(22)13-8-9-25-12-13/h2-9,12H,10-11H2,1H3,(H,20,21). The Labute approximate surface area is 159 Å². The monoisotopic (exact) mass is 387 g/mol. The van der Waals surface area contributed by atoms with Crippen molar-refractivity contribution in [2.24, 2.45) is 0 Å². The molecule has 0 atom stereocenters. The highest BCUT2D eigenvalue weighted by atomic mass is 32.1. The van der Waals surface area contributed by atoms with Gasteiger partial charge in [-0.1, -0.05) is 0 Å². The van der Waals surface area contributed by atoms with Crippen LogP contribution in [0.4, 0.5) is 0 Å². The summed E-state index contributed by atoms with van der Waals surface area (Å²) in [6.45, 7) is 0.296. The third-order valence-corrected chi connectivity index (χ3v) is 5.33. The van der Waals surface area contributed by atoms with Crippen LogP contribution in [-0.4, -0.2) is 25.4 Å². The summed E-state index contributed by atoms with van der Waals surface area (Å²) in [6.07, 6.45) is 0. The number of rotatable bonds is 8. The van der Waals surface area contributed by atoms with E-state index in [0.29, 0.717) is 22.7 Å². The van der Waals surface area contributed by atoms with E-state index >= 15 is 0 Å². The summed E-state index contributed by atoms with van der Waals surface area (Å²) in [6, 6.07) is 12.5. The van der Waals surface area contributed by atoms with Crippen LogP contribution in [0.25, 0.3) is 0 Å². The van der Waals surface area contributed by atoms with Crippen molar-refractivity contribution in [3.05, 3.63) is 68.5 Å². The second kappa shape index (κ2) is 8.64. The van der Waals surface area contributed by atoms with E-state index in [1.165, 1.54) is 22.7 Å². The van der Waals surface area contributed by atoms with Gasteiger partial charge in [-0.15, -0.1) is 11.3 Å². The van der Waals surface area contributed by atoms with E-state index in [2.05, 4.69) is 5.32 Å². The molecule has 0 bridgehead atoms. The number of nitrogens with one attached hydrogen (secondary N) is 1. The largest absolute Gasteiger partial charge is 0.497 e. The summed E-state index contributed by atoms with van der Waals surface area (Å²) < 4.78 is 10.5. The highest BCUT2D eigenvalue weighted by molar-refractivity contribution is 7.14. The molecule has 1 aromatic carbocycles. The Hall–Kier alpha value is -2.64. The molecule has 7 heteroatoms. The van der Waals surface area contributed by atoms with Gasteiger partial charge in [0.1, 0.15) is 11.5 Å². The molecule has 26 heavy (non-hydrogen) atoms. The van der Waals surface area contributed by atoms with Crippen molar-refractivity contribution in [3.63, 3.8) is 0 Å². The minimum Gasteiger partial charge on any atom is -0.497 e. The molecule has 0 saturated carbocycles. The maximum atomic E-state index is 12.3. The minimum atomic E-state index is -0.222. The lowest BCUT2D eigenvalue weighted by Crippen LogP contribution is -2.28. The molecule has 0 radical (unpaired) electrons. The first-order valence-electron chi connectivity index (χ1n) is 7.85. The Morgan fingerprint density at radius 2 is 1.81 bits per heavy atom. The zero-order chi connectivity index (χ0) is 18.4. The zero-order valence-electron chi connectivity index (χ0n) is 14.1. The summed E-state index contributed by atoms with van der Waals surface area (Å²) >= 11 is 2.88. The van der Waals surface area contributed by atoms with Crippen LogP contribution >= 0.6 is 22.7 Å². The number of methoxy groups -OCH3 is 1. The molecule has 1 N–H and O–H groups in total. The quantitative estimate of drug-likeness (QED) is 0.598. The maximum absolute atomic E-state index is 12.3. The topological polar surface area (TPSA) is 64.6 Å².